The fraction of sp³-hybridized carbons (Fsp3) is 0.520. The zero-order valence-corrected chi connectivity index (χ0v) is 20.5. The van der Waals surface area contributed by atoms with Crippen LogP contribution in [0.2, 0.25) is 0 Å². The number of hydrogen-bond donors (Lipinski definition) is 0. The summed E-state index contributed by atoms with van der Waals surface area (Å²) in [5.74, 6) is 0.0781. The van der Waals surface area contributed by atoms with Gasteiger partial charge in [0.1, 0.15) is 5.75 Å². The normalized spacial score (nSPS) is 15.5. The number of ether oxygens (including phenoxy) is 3. The van der Waals surface area contributed by atoms with Crippen LogP contribution in [-0.2, 0) is 19.1 Å². The molecule has 1 atom stereocenters. The van der Waals surface area contributed by atoms with Crippen LogP contribution >= 0.6 is 0 Å². The molecule has 0 bridgehead atoms. The molecule has 1 aromatic carbocycles. The molecule has 1 aromatic heterocycles. The summed E-state index contributed by atoms with van der Waals surface area (Å²) in [6, 6.07) is 8.83. The standard InChI is InChI=1S/C25H33N3O7/c1-4-34-25(31)19-8-6-11-28(17-19)23(29)10-12-27(13-14-32-2)24(30)21-16-22(35-26-21)18-7-5-9-20(15-18)33-3/h5,7,9,15-16,19H,4,6,8,10-14,17H2,1-3H3/t19-/m1/s1. The lowest BCUT2D eigenvalue weighted by molar-refractivity contribution is -0.151. The van der Waals surface area contributed by atoms with Gasteiger partial charge in [-0.1, -0.05) is 17.3 Å². The van der Waals surface area contributed by atoms with Crippen LogP contribution in [0.4, 0.5) is 0 Å². The number of carbonyl (C=O) groups excluding carboxylic acids is 3. The van der Waals surface area contributed by atoms with Gasteiger partial charge >= 0.3 is 5.97 Å². The van der Waals surface area contributed by atoms with Crippen LogP contribution in [0.25, 0.3) is 11.3 Å². The van der Waals surface area contributed by atoms with E-state index in [1.165, 1.54) is 4.90 Å². The molecular weight excluding hydrogens is 454 g/mol. The van der Waals surface area contributed by atoms with E-state index in [-0.39, 0.29) is 42.4 Å². The molecule has 10 nitrogen and oxygen atoms in total. The van der Waals surface area contributed by atoms with Crippen molar-refractivity contribution in [3.63, 3.8) is 0 Å². The van der Waals surface area contributed by atoms with Gasteiger partial charge in [-0.05, 0) is 31.9 Å². The van der Waals surface area contributed by atoms with E-state index in [0.717, 1.165) is 12.0 Å². The van der Waals surface area contributed by atoms with Crippen molar-refractivity contribution in [2.75, 3.05) is 53.6 Å². The molecule has 190 valence electrons. The Morgan fingerprint density at radius 1 is 1.20 bits per heavy atom. The largest absolute Gasteiger partial charge is 0.497 e. The molecular formula is C25H33N3O7. The number of aromatic nitrogens is 1. The molecule has 1 fully saturated rings. The predicted octanol–water partition coefficient (Wildman–Crippen LogP) is 2.63. The lowest BCUT2D eigenvalue weighted by Gasteiger charge is -2.32. The van der Waals surface area contributed by atoms with E-state index in [2.05, 4.69) is 5.16 Å². The fourth-order valence-electron chi connectivity index (χ4n) is 4.01. The Bertz CT molecular complexity index is 1010. The predicted molar refractivity (Wildman–Crippen MR) is 127 cm³/mol. The van der Waals surface area contributed by atoms with Crippen molar-refractivity contribution in [2.24, 2.45) is 5.92 Å². The van der Waals surface area contributed by atoms with Crippen molar-refractivity contribution in [2.45, 2.75) is 26.2 Å². The van der Waals surface area contributed by atoms with Crippen molar-refractivity contribution < 1.29 is 33.1 Å². The molecule has 0 unspecified atom stereocenters. The van der Waals surface area contributed by atoms with Crippen molar-refractivity contribution >= 4 is 17.8 Å². The zero-order valence-electron chi connectivity index (χ0n) is 20.5. The lowest BCUT2D eigenvalue weighted by Crippen LogP contribution is -2.44. The third-order valence-electron chi connectivity index (χ3n) is 5.93. The van der Waals surface area contributed by atoms with Gasteiger partial charge in [0.2, 0.25) is 5.91 Å². The van der Waals surface area contributed by atoms with Gasteiger partial charge in [0, 0.05) is 51.3 Å². The van der Waals surface area contributed by atoms with E-state index in [9.17, 15) is 14.4 Å². The van der Waals surface area contributed by atoms with Gasteiger partial charge in [-0.2, -0.15) is 0 Å². The number of piperidine rings is 1. The molecule has 0 N–H and O–H groups in total. The van der Waals surface area contributed by atoms with Gasteiger partial charge in [-0.15, -0.1) is 0 Å². The Labute approximate surface area is 205 Å². The molecule has 0 saturated carbocycles. The summed E-state index contributed by atoms with van der Waals surface area (Å²) in [4.78, 5) is 41.3. The van der Waals surface area contributed by atoms with E-state index >= 15 is 0 Å². The molecule has 35 heavy (non-hydrogen) atoms. The van der Waals surface area contributed by atoms with Crippen molar-refractivity contribution in [1.82, 2.24) is 15.0 Å². The minimum absolute atomic E-state index is 0.105. The second-order valence-corrected chi connectivity index (χ2v) is 8.27. The van der Waals surface area contributed by atoms with Gasteiger partial charge in [0.15, 0.2) is 11.5 Å². The Hall–Kier alpha value is -3.40. The molecule has 1 aliphatic rings. The summed E-state index contributed by atoms with van der Waals surface area (Å²) in [6.45, 7) is 3.84. The number of likely N-dealkylation sites (tertiary alicyclic amines) is 1. The highest BCUT2D eigenvalue weighted by Gasteiger charge is 2.30. The lowest BCUT2D eigenvalue weighted by atomic mass is 9.98. The summed E-state index contributed by atoms with van der Waals surface area (Å²) in [6.07, 6.45) is 1.59. The van der Waals surface area contributed by atoms with Gasteiger partial charge in [-0.25, -0.2) is 0 Å². The highest BCUT2D eigenvalue weighted by atomic mass is 16.5. The van der Waals surface area contributed by atoms with Crippen LogP contribution < -0.4 is 4.74 Å². The first-order valence-corrected chi connectivity index (χ1v) is 11.8. The maximum absolute atomic E-state index is 13.2. The molecule has 3 rings (SSSR count). The van der Waals surface area contributed by atoms with Gasteiger partial charge in [0.25, 0.3) is 5.91 Å². The van der Waals surface area contributed by atoms with Gasteiger partial charge < -0.3 is 28.5 Å². The van der Waals surface area contributed by atoms with E-state index in [4.69, 9.17) is 18.7 Å². The Morgan fingerprint density at radius 2 is 2.03 bits per heavy atom. The summed E-state index contributed by atoms with van der Waals surface area (Å²) in [5.41, 5.74) is 0.877. The molecule has 0 radical (unpaired) electrons. The zero-order chi connectivity index (χ0) is 25.2. The van der Waals surface area contributed by atoms with E-state index in [1.807, 2.05) is 18.2 Å². The minimum Gasteiger partial charge on any atom is -0.497 e. The van der Waals surface area contributed by atoms with Crippen LogP contribution in [-0.4, -0.2) is 86.4 Å². The molecule has 2 heterocycles. The molecule has 1 saturated heterocycles. The Morgan fingerprint density at radius 3 is 2.77 bits per heavy atom. The second-order valence-electron chi connectivity index (χ2n) is 8.27. The Kier molecular flexibility index (Phi) is 9.66. The quantitative estimate of drug-likeness (QED) is 0.445. The Balaban J connectivity index is 1.63. The maximum Gasteiger partial charge on any atom is 0.310 e. The smallest absolute Gasteiger partial charge is 0.310 e. The highest BCUT2D eigenvalue weighted by Crippen LogP contribution is 2.25. The van der Waals surface area contributed by atoms with E-state index in [0.29, 0.717) is 50.8 Å². The third kappa shape index (κ3) is 7.05. The maximum atomic E-state index is 13.2. The van der Waals surface area contributed by atoms with Crippen molar-refractivity contribution in [3.8, 4) is 17.1 Å². The number of rotatable bonds is 11. The topological polar surface area (TPSA) is 111 Å². The van der Waals surface area contributed by atoms with E-state index < -0.39 is 0 Å². The van der Waals surface area contributed by atoms with Crippen LogP contribution in [0.5, 0.6) is 5.75 Å². The van der Waals surface area contributed by atoms with Crippen LogP contribution in [0.3, 0.4) is 0 Å². The first-order valence-electron chi connectivity index (χ1n) is 11.8. The SMILES string of the molecule is CCOC(=O)[C@@H]1CCCN(C(=O)CCN(CCOC)C(=O)c2cc(-c3cccc(OC)c3)on2)C1. The highest BCUT2D eigenvalue weighted by molar-refractivity contribution is 5.93. The van der Waals surface area contributed by atoms with Crippen molar-refractivity contribution in [3.05, 3.63) is 36.0 Å². The van der Waals surface area contributed by atoms with Gasteiger partial charge in [-0.3, -0.25) is 14.4 Å². The van der Waals surface area contributed by atoms with Crippen LogP contribution in [0.1, 0.15) is 36.7 Å². The fourth-order valence-corrected chi connectivity index (χ4v) is 4.01. The molecule has 1 aliphatic heterocycles. The van der Waals surface area contributed by atoms with Gasteiger partial charge in [0.05, 0.1) is 26.2 Å². The average Bonchev–Trinajstić information content (AvgIpc) is 3.39. The van der Waals surface area contributed by atoms with E-state index in [1.54, 1.807) is 38.2 Å². The van der Waals surface area contributed by atoms with Crippen LogP contribution in [0, 0.1) is 5.92 Å². The molecule has 2 aromatic rings. The molecule has 0 spiro atoms. The molecule has 10 heteroatoms. The van der Waals surface area contributed by atoms with Crippen LogP contribution in [0.15, 0.2) is 34.9 Å². The monoisotopic (exact) mass is 487 g/mol. The first kappa shape index (κ1) is 26.2. The minimum atomic E-state index is -0.351. The number of amides is 2. The summed E-state index contributed by atoms with van der Waals surface area (Å²) >= 11 is 0. The number of methoxy groups -OCH3 is 2. The number of benzene rings is 1. The number of esters is 1. The second kappa shape index (κ2) is 12.9. The summed E-state index contributed by atoms with van der Waals surface area (Å²) in [5, 5.41) is 3.95. The summed E-state index contributed by atoms with van der Waals surface area (Å²) < 4.78 is 20.9. The first-order chi connectivity index (χ1) is 17.0. The molecule has 0 aliphatic carbocycles. The third-order valence-corrected chi connectivity index (χ3v) is 5.93. The molecule has 2 amide bonds. The number of carbonyl (C=O) groups is 3. The number of hydrogen-bond acceptors (Lipinski definition) is 8. The van der Waals surface area contributed by atoms with Crippen molar-refractivity contribution in [1.29, 1.82) is 0 Å². The number of nitrogens with zero attached hydrogens (tertiary/aromatic N) is 3. The average molecular weight is 488 g/mol. The summed E-state index contributed by atoms with van der Waals surface area (Å²) in [7, 11) is 3.12.